The van der Waals surface area contributed by atoms with E-state index in [2.05, 4.69) is 32.9 Å². The summed E-state index contributed by atoms with van der Waals surface area (Å²) in [5, 5.41) is 2.28. The van der Waals surface area contributed by atoms with Crippen LogP contribution in [0.4, 0.5) is 0 Å². The van der Waals surface area contributed by atoms with Crippen LogP contribution in [0.2, 0.25) is 0 Å². The van der Waals surface area contributed by atoms with Gasteiger partial charge >= 0.3 is 0 Å². The Morgan fingerprint density at radius 1 is 1.05 bits per heavy atom. The minimum Gasteiger partial charge on any atom is -0.497 e. The number of benzene rings is 2. The highest BCUT2D eigenvalue weighted by atomic mass is 16.5. The lowest BCUT2D eigenvalue weighted by Gasteiger charge is -2.18. The van der Waals surface area contributed by atoms with E-state index >= 15 is 0 Å². The van der Waals surface area contributed by atoms with Gasteiger partial charge in [0.15, 0.2) is 0 Å². The van der Waals surface area contributed by atoms with Crippen molar-refractivity contribution in [2.45, 2.75) is 27.2 Å². The summed E-state index contributed by atoms with van der Waals surface area (Å²) in [5.74, 6) is 1.82. The number of fused-ring (bicyclic) bond motifs is 1. The molecule has 2 aromatic carbocycles. The smallest absolute Gasteiger partial charge is 0.127 e. The van der Waals surface area contributed by atoms with E-state index in [4.69, 9.17) is 9.47 Å². The molecule has 0 atom stereocenters. The Balaban J connectivity index is 2.19. The third-order valence-electron chi connectivity index (χ3n) is 3.16. The molecule has 0 amide bonds. The van der Waals surface area contributed by atoms with Crippen LogP contribution in [0.1, 0.15) is 27.2 Å². The zero-order valence-electron chi connectivity index (χ0n) is 12.2. The Kier molecular flexibility index (Phi) is 3.98. The van der Waals surface area contributed by atoms with E-state index in [1.807, 2.05) is 24.3 Å². The van der Waals surface area contributed by atoms with Gasteiger partial charge in [0.1, 0.15) is 11.5 Å². The summed E-state index contributed by atoms with van der Waals surface area (Å²) in [6, 6.07) is 12.2. The Labute approximate surface area is 115 Å². The zero-order valence-corrected chi connectivity index (χ0v) is 12.2. The molecule has 2 rings (SSSR count). The van der Waals surface area contributed by atoms with Gasteiger partial charge in [0.05, 0.1) is 13.7 Å². The van der Waals surface area contributed by atoms with Crippen LogP contribution in [0.15, 0.2) is 36.4 Å². The highest BCUT2D eigenvalue weighted by Gasteiger charge is 2.10. The van der Waals surface area contributed by atoms with Crippen molar-refractivity contribution < 1.29 is 9.47 Å². The van der Waals surface area contributed by atoms with Gasteiger partial charge in [-0.3, -0.25) is 0 Å². The van der Waals surface area contributed by atoms with Crippen LogP contribution in [0.3, 0.4) is 0 Å². The minimum atomic E-state index is 0.299. The number of rotatable bonds is 4. The molecule has 0 radical (unpaired) electrons. The summed E-state index contributed by atoms with van der Waals surface area (Å²) in [6.07, 6.45) is 1.04. The van der Waals surface area contributed by atoms with Gasteiger partial charge in [0.25, 0.3) is 0 Å². The first-order chi connectivity index (χ1) is 8.99. The van der Waals surface area contributed by atoms with E-state index in [1.54, 1.807) is 7.11 Å². The molecule has 19 heavy (non-hydrogen) atoms. The quantitative estimate of drug-likeness (QED) is 0.793. The second-order valence-electron chi connectivity index (χ2n) is 6.00. The fourth-order valence-electron chi connectivity index (χ4n) is 1.95. The fraction of sp³-hybridized carbons (Fsp3) is 0.412. The predicted molar refractivity (Wildman–Crippen MR) is 80.1 cm³/mol. The lowest BCUT2D eigenvalue weighted by molar-refractivity contribution is 0.245. The lowest BCUT2D eigenvalue weighted by atomic mass is 9.93. The number of hydrogen-bond acceptors (Lipinski definition) is 2. The topological polar surface area (TPSA) is 18.5 Å². The maximum atomic E-state index is 5.93. The Morgan fingerprint density at radius 2 is 1.84 bits per heavy atom. The second-order valence-corrected chi connectivity index (χ2v) is 6.00. The average Bonchev–Trinajstić information content (AvgIpc) is 2.37. The van der Waals surface area contributed by atoms with Crippen LogP contribution in [-0.4, -0.2) is 13.7 Å². The van der Waals surface area contributed by atoms with Crippen molar-refractivity contribution in [2.24, 2.45) is 5.41 Å². The first-order valence-electron chi connectivity index (χ1n) is 6.69. The number of methoxy groups -OCH3 is 1. The molecule has 102 valence electrons. The van der Waals surface area contributed by atoms with E-state index < -0.39 is 0 Å². The summed E-state index contributed by atoms with van der Waals surface area (Å²) in [6.45, 7) is 7.42. The largest absolute Gasteiger partial charge is 0.497 e. The van der Waals surface area contributed by atoms with Gasteiger partial charge in [-0.15, -0.1) is 0 Å². The molecule has 0 spiro atoms. The van der Waals surface area contributed by atoms with Crippen molar-refractivity contribution in [3.8, 4) is 11.5 Å². The number of hydrogen-bond donors (Lipinski definition) is 0. The van der Waals surface area contributed by atoms with Gasteiger partial charge in [0, 0.05) is 5.39 Å². The maximum Gasteiger partial charge on any atom is 0.127 e. The van der Waals surface area contributed by atoms with Gasteiger partial charge in [-0.25, -0.2) is 0 Å². The molecule has 0 aliphatic carbocycles. The van der Waals surface area contributed by atoms with Gasteiger partial charge in [-0.05, 0) is 41.5 Å². The van der Waals surface area contributed by atoms with E-state index in [-0.39, 0.29) is 0 Å². The fourth-order valence-corrected chi connectivity index (χ4v) is 1.95. The Hall–Kier alpha value is -1.70. The third kappa shape index (κ3) is 3.63. The van der Waals surface area contributed by atoms with E-state index in [1.165, 1.54) is 0 Å². The zero-order chi connectivity index (χ0) is 13.9. The van der Waals surface area contributed by atoms with Crippen molar-refractivity contribution >= 4 is 10.8 Å². The number of ether oxygens (including phenoxy) is 2. The highest BCUT2D eigenvalue weighted by molar-refractivity contribution is 5.89. The Bertz CT molecular complexity index is 553. The predicted octanol–water partition coefficient (Wildman–Crippen LogP) is 4.66. The van der Waals surface area contributed by atoms with Gasteiger partial charge < -0.3 is 9.47 Å². The van der Waals surface area contributed by atoms with Crippen LogP contribution >= 0.6 is 0 Å². The average molecular weight is 258 g/mol. The molecule has 2 nitrogen and oxygen atoms in total. The van der Waals surface area contributed by atoms with Crippen LogP contribution in [-0.2, 0) is 0 Å². The van der Waals surface area contributed by atoms with Crippen molar-refractivity contribution in [3.05, 3.63) is 36.4 Å². The molecule has 0 heterocycles. The standard InChI is InChI=1S/C17H22O2/c1-17(2,3)10-11-19-16-7-5-6-13-12-14(18-4)8-9-15(13)16/h5-9,12H,10-11H2,1-4H3. The van der Waals surface area contributed by atoms with Crippen molar-refractivity contribution in [1.82, 2.24) is 0 Å². The van der Waals surface area contributed by atoms with E-state index in [9.17, 15) is 0 Å². The molecule has 0 aromatic heterocycles. The first kappa shape index (κ1) is 13.7. The van der Waals surface area contributed by atoms with Crippen molar-refractivity contribution in [3.63, 3.8) is 0 Å². The summed E-state index contributed by atoms with van der Waals surface area (Å²) >= 11 is 0. The molecule has 0 aliphatic heterocycles. The van der Waals surface area contributed by atoms with Crippen molar-refractivity contribution in [1.29, 1.82) is 0 Å². The molecular formula is C17H22O2. The molecule has 0 saturated carbocycles. The molecule has 2 aromatic rings. The maximum absolute atomic E-state index is 5.93. The molecule has 0 saturated heterocycles. The summed E-state index contributed by atoms with van der Waals surface area (Å²) in [7, 11) is 1.69. The normalized spacial score (nSPS) is 11.6. The van der Waals surface area contributed by atoms with Crippen LogP contribution in [0.25, 0.3) is 10.8 Å². The van der Waals surface area contributed by atoms with Crippen LogP contribution < -0.4 is 9.47 Å². The molecule has 0 N–H and O–H groups in total. The molecular weight excluding hydrogens is 236 g/mol. The summed E-state index contributed by atoms with van der Waals surface area (Å²) in [4.78, 5) is 0. The lowest BCUT2D eigenvalue weighted by Crippen LogP contribution is -2.11. The van der Waals surface area contributed by atoms with E-state index in [0.717, 1.165) is 35.3 Å². The highest BCUT2D eigenvalue weighted by Crippen LogP contribution is 2.29. The monoisotopic (exact) mass is 258 g/mol. The molecule has 0 fully saturated rings. The van der Waals surface area contributed by atoms with Gasteiger partial charge in [-0.2, -0.15) is 0 Å². The van der Waals surface area contributed by atoms with Crippen molar-refractivity contribution in [2.75, 3.05) is 13.7 Å². The molecule has 0 bridgehead atoms. The first-order valence-corrected chi connectivity index (χ1v) is 6.69. The SMILES string of the molecule is COc1ccc2c(OCCC(C)(C)C)cccc2c1. The molecule has 0 unspecified atom stereocenters. The van der Waals surface area contributed by atoms with E-state index in [0.29, 0.717) is 5.41 Å². The minimum absolute atomic E-state index is 0.299. The second kappa shape index (κ2) is 5.52. The van der Waals surface area contributed by atoms with Gasteiger partial charge in [0.2, 0.25) is 0 Å². The van der Waals surface area contributed by atoms with Gasteiger partial charge in [-0.1, -0.05) is 32.9 Å². The summed E-state index contributed by atoms with van der Waals surface area (Å²) in [5.41, 5.74) is 0.299. The molecule has 0 aliphatic rings. The Morgan fingerprint density at radius 3 is 2.53 bits per heavy atom. The van der Waals surface area contributed by atoms with Crippen LogP contribution in [0, 0.1) is 5.41 Å². The third-order valence-corrected chi connectivity index (χ3v) is 3.16. The summed E-state index contributed by atoms with van der Waals surface area (Å²) < 4.78 is 11.2. The molecule has 2 heteroatoms. The van der Waals surface area contributed by atoms with Crippen LogP contribution in [0.5, 0.6) is 11.5 Å².